The number of fused-ring (bicyclic) bond motifs is 1. The van der Waals surface area contributed by atoms with Crippen molar-refractivity contribution in [2.75, 3.05) is 13.1 Å². The van der Waals surface area contributed by atoms with Crippen molar-refractivity contribution in [2.24, 2.45) is 10.7 Å². The van der Waals surface area contributed by atoms with Crippen LogP contribution in [0.2, 0.25) is 0 Å². The lowest BCUT2D eigenvalue weighted by atomic mass is 10.1. The second-order valence-corrected chi connectivity index (χ2v) is 10.6. The molecule has 1 saturated heterocycles. The molecule has 2 aromatic carbocycles. The number of aliphatic imine (C=N–C) groups is 1. The van der Waals surface area contributed by atoms with E-state index in [4.69, 9.17) is 15.2 Å². The SMILES string of the molecule is Cc1cc(CC(=O)N/C(C=NC(C)(C)C)=C/N)ccc1Oc1ccnc2ccc(OC3CCNCC3F)cc12. The molecule has 1 aliphatic heterocycles. The second-order valence-electron chi connectivity index (χ2n) is 10.6. The number of carbonyl (C=O) groups excluding carboxylic acids is 1. The summed E-state index contributed by atoms with van der Waals surface area (Å²) >= 11 is 0. The lowest BCUT2D eigenvalue weighted by Crippen LogP contribution is -2.44. The Morgan fingerprint density at radius 1 is 1.23 bits per heavy atom. The number of nitrogens with two attached hydrogens (primary N) is 1. The van der Waals surface area contributed by atoms with E-state index < -0.39 is 12.3 Å². The molecule has 1 aliphatic rings. The first kappa shape index (κ1) is 28.0. The molecule has 9 heteroatoms. The summed E-state index contributed by atoms with van der Waals surface area (Å²) in [7, 11) is 0. The molecule has 0 aliphatic carbocycles. The molecule has 8 nitrogen and oxygen atoms in total. The van der Waals surface area contributed by atoms with Crippen LogP contribution >= 0.6 is 0 Å². The highest BCUT2D eigenvalue weighted by atomic mass is 19.1. The normalized spacial score (nSPS) is 18.3. The van der Waals surface area contributed by atoms with E-state index in [0.717, 1.165) is 28.6 Å². The lowest BCUT2D eigenvalue weighted by Gasteiger charge is -2.27. The first-order valence-corrected chi connectivity index (χ1v) is 13.1. The van der Waals surface area contributed by atoms with Crippen molar-refractivity contribution in [1.29, 1.82) is 0 Å². The van der Waals surface area contributed by atoms with Crippen molar-refractivity contribution >= 4 is 23.0 Å². The Labute approximate surface area is 228 Å². The fourth-order valence-corrected chi connectivity index (χ4v) is 4.19. The monoisotopic (exact) mass is 533 g/mol. The van der Waals surface area contributed by atoms with Crippen molar-refractivity contribution < 1.29 is 18.7 Å². The highest BCUT2D eigenvalue weighted by Gasteiger charge is 2.26. The minimum absolute atomic E-state index is 0.174. The summed E-state index contributed by atoms with van der Waals surface area (Å²) in [6.07, 6.45) is 3.81. The number of alkyl halides is 1. The highest BCUT2D eigenvalue weighted by Crippen LogP contribution is 2.33. The van der Waals surface area contributed by atoms with E-state index in [9.17, 15) is 9.18 Å². The average molecular weight is 534 g/mol. The van der Waals surface area contributed by atoms with E-state index >= 15 is 0 Å². The van der Waals surface area contributed by atoms with E-state index in [0.29, 0.717) is 35.9 Å². The Balaban J connectivity index is 1.46. The maximum Gasteiger partial charge on any atom is 0.228 e. The third-order valence-electron chi connectivity index (χ3n) is 6.19. The van der Waals surface area contributed by atoms with Crippen molar-refractivity contribution in [2.45, 2.75) is 58.4 Å². The third-order valence-corrected chi connectivity index (χ3v) is 6.19. The standard InChI is InChI=1S/C30H36FN5O3/c1-19-13-20(14-29(37)36-21(16-32)17-35-30(2,3)4)5-8-26(19)39-27-10-12-34-25-7-6-22(15-23(25)27)38-28-9-11-33-18-24(28)31/h5-8,10,12-13,15-17,24,28,33H,9,11,14,18,32H2,1-4H3,(H,36,37)/b21-16+,35-17?. The van der Waals surface area contributed by atoms with Gasteiger partial charge in [0.2, 0.25) is 5.91 Å². The van der Waals surface area contributed by atoms with Gasteiger partial charge in [-0.3, -0.25) is 14.8 Å². The summed E-state index contributed by atoms with van der Waals surface area (Å²) in [4.78, 5) is 21.4. The van der Waals surface area contributed by atoms with E-state index in [1.54, 1.807) is 24.5 Å². The number of amides is 1. The van der Waals surface area contributed by atoms with Crippen LogP contribution in [0.5, 0.6) is 17.2 Å². The predicted octanol–water partition coefficient (Wildman–Crippen LogP) is 4.74. The molecular formula is C30H36FN5O3. The smallest absolute Gasteiger partial charge is 0.228 e. The van der Waals surface area contributed by atoms with Gasteiger partial charge in [-0.15, -0.1) is 0 Å². The molecule has 3 aromatic rings. The van der Waals surface area contributed by atoms with Gasteiger partial charge < -0.3 is 25.8 Å². The second kappa shape index (κ2) is 12.3. The number of pyridine rings is 1. The molecule has 2 unspecified atom stereocenters. The van der Waals surface area contributed by atoms with Gasteiger partial charge in [0, 0.05) is 30.5 Å². The van der Waals surface area contributed by atoms with E-state index in [2.05, 4.69) is 20.6 Å². The zero-order valence-corrected chi connectivity index (χ0v) is 22.8. The lowest BCUT2D eigenvalue weighted by molar-refractivity contribution is -0.119. The fourth-order valence-electron chi connectivity index (χ4n) is 4.19. The molecular weight excluding hydrogens is 497 g/mol. The minimum Gasteiger partial charge on any atom is -0.487 e. The maximum atomic E-state index is 14.3. The molecule has 1 aromatic heterocycles. The zero-order valence-electron chi connectivity index (χ0n) is 22.8. The van der Waals surface area contributed by atoms with Gasteiger partial charge in [0.1, 0.15) is 29.5 Å². The van der Waals surface area contributed by atoms with Crippen LogP contribution in [0.4, 0.5) is 4.39 Å². The molecule has 0 radical (unpaired) electrons. The van der Waals surface area contributed by atoms with Gasteiger partial charge >= 0.3 is 0 Å². The van der Waals surface area contributed by atoms with Gasteiger partial charge in [-0.25, -0.2) is 4.39 Å². The molecule has 206 valence electrons. The molecule has 39 heavy (non-hydrogen) atoms. The number of halogens is 1. The van der Waals surface area contributed by atoms with Crippen LogP contribution in [-0.4, -0.2) is 48.0 Å². The Morgan fingerprint density at radius 3 is 2.77 bits per heavy atom. The van der Waals surface area contributed by atoms with Gasteiger partial charge in [-0.05, 0) is 82.1 Å². The Morgan fingerprint density at radius 2 is 2.05 bits per heavy atom. The first-order chi connectivity index (χ1) is 18.6. The van der Waals surface area contributed by atoms with E-state index in [1.165, 1.54) is 6.20 Å². The van der Waals surface area contributed by atoms with Crippen LogP contribution in [0.15, 0.2) is 65.6 Å². The Hall–Kier alpha value is -3.98. The summed E-state index contributed by atoms with van der Waals surface area (Å²) in [5, 5.41) is 6.59. The molecule has 0 spiro atoms. The number of benzene rings is 2. The number of carbonyl (C=O) groups is 1. The van der Waals surface area contributed by atoms with Crippen molar-refractivity contribution in [3.8, 4) is 17.2 Å². The third kappa shape index (κ3) is 7.77. The highest BCUT2D eigenvalue weighted by molar-refractivity contribution is 5.89. The van der Waals surface area contributed by atoms with Gasteiger partial charge in [-0.2, -0.15) is 0 Å². The molecule has 4 rings (SSSR count). The number of aromatic nitrogens is 1. The molecule has 0 saturated carbocycles. The zero-order chi connectivity index (χ0) is 28.0. The van der Waals surface area contributed by atoms with Crippen molar-refractivity contribution in [1.82, 2.24) is 15.6 Å². The molecule has 2 heterocycles. The number of nitrogens with one attached hydrogen (secondary N) is 2. The number of aryl methyl sites for hydroxylation is 1. The summed E-state index contributed by atoms with van der Waals surface area (Å²) in [6.45, 7) is 8.83. The number of hydrogen-bond acceptors (Lipinski definition) is 7. The van der Waals surface area contributed by atoms with Gasteiger partial charge in [0.05, 0.1) is 23.2 Å². The van der Waals surface area contributed by atoms with Crippen LogP contribution in [-0.2, 0) is 11.2 Å². The fraction of sp³-hybridized carbons (Fsp3) is 0.367. The minimum atomic E-state index is -1.06. The van der Waals surface area contributed by atoms with Crippen LogP contribution in [0.3, 0.4) is 0 Å². The van der Waals surface area contributed by atoms with Crippen LogP contribution in [0.25, 0.3) is 10.9 Å². The van der Waals surface area contributed by atoms with Crippen molar-refractivity contribution in [3.63, 3.8) is 0 Å². The van der Waals surface area contributed by atoms with Gasteiger partial charge in [-0.1, -0.05) is 12.1 Å². The summed E-state index contributed by atoms with van der Waals surface area (Å²) in [6, 6.07) is 12.9. The van der Waals surface area contributed by atoms with Crippen LogP contribution in [0.1, 0.15) is 38.3 Å². The average Bonchev–Trinajstić information content (AvgIpc) is 2.89. The number of nitrogens with zero attached hydrogens (tertiary/aromatic N) is 2. The summed E-state index contributed by atoms with van der Waals surface area (Å²) in [5.74, 6) is 1.64. The topological polar surface area (TPSA) is 111 Å². The van der Waals surface area contributed by atoms with Crippen molar-refractivity contribution in [3.05, 3.63) is 71.7 Å². The quantitative estimate of drug-likeness (QED) is 0.361. The Bertz CT molecular complexity index is 1380. The number of hydrogen-bond donors (Lipinski definition) is 3. The largest absolute Gasteiger partial charge is 0.487 e. The molecule has 0 bridgehead atoms. The predicted molar refractivity (Wildman–Crippen MR) is 152 cm³/mol. The molecule has 4 N–H and O–H groups in total. The number of ether oxygens (including phenoxy) is 2. The van der Waals surface area contributed by atoms with Gasteiger partial charge in [0.15, 0.2) is 0 Å². The Kier molecular flexibility index (Phi) is 8.81. The van der Waals surface area contributed by atoms with Crippen LogP contribution in [0, 0.1) is 6.92 Å². The van der Waals surface area contributed by atoms with E-state index in [1.807, 2.05) is 58.0 Å². The van der Waals surface area contributed by atoms with Crippen LogP contribution < -0.4 is 25.8 Å². The van der Waals surface area contributed by atoms with Gasteiger partial charge in [0.25, 0.3) is 0 Å². The molecule has 2 atom stereocenters. The summed E-state index contributed by atoms with van der Waals surface area (Å²) < 4.78 is 26.5. The first-order valence-electron chi connectivity index (χ1n) is 13.1. The maximum absolute atomic E-state index is 14.3. The number of rotatable bonds is 8. The number of piperidine rings is 1. The molecule has 1 amide bonds. The number of allylic oxidation sites excluding steroid dienone is 1. The summed E-state index contributed by atoms with van der Waals surface area (Å²) in [5.41, 5.74) is 8.27. The molecule has 1 fully saturated rings. The van der Waals surface area contributed by atoms with E-state index in [-0.39, 0.29) is 17.9 Å².